The van der Waals surface area contributed by atoms with Gasteiger partial charge in [-0.25, -0.2) is 9.37 Å². The summed E-state index contributed by atoms with van der Waals surface area (Å²) in [5, 5.41) is 3.27. The Hall–Kier alpha value is -2.56. The number of fused-ring (bicyclic) bond motifs is 1. The van der Waals surface area contributed by atoms with E-state index in [1.54, 1.807) is 12.1 Å². The van der Waals surface area contributed by atoms with Gasteiger partial charge in [-0.2, -0.15) is 0 Å². The number of imidazole rings is 1. The normalized spacial score (nSPS) is 10.8. The number of aromatic nitrogens is 2. The molecule has 3 aromatic rings. The van der Waals surface area contributed by atoms with Crippen molar-refractivity contribution in [3.63, 3.8) is 0 Å². The molecular weight excluding hydrogens is 269 g/mol. The Morgan fingerprint density at radius 1 is 1.29 bits per heavy atom. The summed E-state index contributed by atoms with van der Waals surface area (Å²) in [6, 6.07) is 10.6. The molecule has 0 saturated carbocycles. The topological polar surface area (TPSA) is 38.6 Å². The summed E-state index contributed by atoms with van der Waals surface area (Å²) in [6.45, 7) is 2.58. The van der Waals surface area contributed by atoms with Crippen molar-refractivity contribution in [1.29, 1.82) is 0 Å². The van der Waals surface area contributed by atoms with E-state index in [1.807, 2.05) is 35.7 Å². The quantitative estimate of drug-likeness (QED) is 0.798. The summed E-state index contributed by atoms with van der Waals surface area (Å²) in [5.41, 5.74) is 3.78. The summed E-state index contributed by atoms with van der Waals surface area (Å²) in [6.07, 6.45) is 1.98. The summed E-state index contributed by atoms with van der Waals surface area (Å²) in [5.74, 6) is -0.135. The summed E-state index contributed by atoms with van der Waals surface area (Å²) in [7, 11) is 1.46. The molecule has 0 aliphatic carbocycles. The molecule has 21 heavy (non-hydrogen) atoms. The molecule has 0 aliphatic heterocycles. The molecule has 4 nitrogen and oxygen atoms in total. The van der Waals surface area contributed by atoms with E-state index >= 15 is 0 Å². The standard InChI is InChI=1S/C16H16FN3O/c1-11-14(20-8-4-3-5-16(20)19-11)10-18-12-6-7-13(17)15(9-12)21-2/h3-9,18H,10H2,1-2H3. The second kappa shape index (κ2) is 5.44. The van der Waals surface area contributed by atoms with Gasteiger partial charge in [-0.3, -0.25) is 0 Å². The highest BCUT2D eigenvalue weighted by atomic mass is 19.1. The Balaban J connectivity index is 1.85. The molecule has 0 atom stereocenters. The molecule has 5 heteroatoms. The molecule has 0 saturated heterocycles. The van der Waals surface area contributed by atoms with Gasteiger partial charge in [0.15, 0.2) is 11.6 Å². The SMILES string of the molecule is COc1cc(NCc2c(C)nc3ccccn23)ccc1F. The number of ether oxygens (including phenoxy) is 1. The van der Waals surface area contributed by atoms with Crippen LogP contribution in [0, 0.1) is 12.7 Å². The minimum Gasteiger partial charge on any atom is -0.494 e. The van der Waals surface area contributed by atoms with Crippen LogP contribution >= 0.6 is 0 Å². The van der Waals surface area contributed by atoms with Crippen molar-refractivity contribution >= 4 is 11.3 Å². The van der Waals surface area contributed by atoms with Gasteiger partial charge in [0.1, 0.15) is 5.65 Å². The number of halogens is 1. The minimum absolute atomic E-state index is 0.231. The van der Waals surface area contributed by atoms with Crippen LogP contribution in [0.3, 0.4) is 0 Å². The zero-order valence-corrected chi connectivity index (χ0v) is 11.9. The third-order valence-electron chi connectivity index (χ3n) is 3.44. The first-order chi connectivity index (χ1) is 10.2. The molecule has 108 valence electrons. The molecule has 3 rings (SSSR count). The van der Waals surface area contributed by atoms with Crippen LogP contribution in [-0.2, 0) is 6.54 Å². The predicted octanol–water partition coefficient (Wildman–Crippen LogP) is 3.40. The fourth-order valence-electron chi connectivity index (χ4n) is 2.33. The average Bonchev–Trinajstić information content (AvgIpc) is 2.82. The number of benzene rings is 1. The Labute approximate surface area is 122 Å². The van der Waals surface area contributed by atoms with Crippen LogP contribution in [0.1, 0.15) is 11.4 Å². The zero-order chi connectivity index (χ0) is 14.8. The van der Waals surface area contributed by atoms with Crippen molar-refractivity contribution in [2.45, 2.75) is 13.5 Å². The Morgan fingerprint density at radius 2 is 2.14 bits per heavy atom. The molecule has 1 N–H and O–H groups in total. The lowest BCUT2D eigenvalue weighted by Crippen LogP contribution is -2.04. The molecule has 0 unspecified atom stereocenters. The number of anilines is 1. The number of hydrogen-bond donors (Lipinski definition) is 1. The first-order valence-corrected chi connectivity index (χ1v) is 6.69. The van der Waals surface area contributed by atoms with E-state index in [0.29, 0.717) is 6.54 Å². The highest BCUT2D eigenvalue weighted by Gasteiger charge is 2.08. The zero-order valence-electron chi connectivity index (χ0n) is 11.9. The molecule has 2 heterocycles. The lowest BCUT2D eigenvalue weighted by atomic mass is 10.2. The van der Waals surface area contributed by atoms with Crippen LogP contribution < -0.4 is 10.1 Å². The van der Waals surface area contributed by atoms with Crippen LogP contribution in [0.15, 0.2) is 42.6 Å². The minimum atomic E-state index is -0.367. The van der Waals surface area contributed by atoms with Crippen LogP contribution in [0.2, 0.25) is 0 Å². The van der Waals surface area contributed by atoms with Gasteiger partial charge in [-0.1, -0.05) is 6.07 Å². The maximum atomic E-state index is 13.4. The second-order valence-electron chi connectivity index (χ2n) is 4.78. The van der Waals surface area contributed by atoms with Gasteiger partial charge in [-0.05, 0) is 31.2 Å². The van der Waals surface area contributed by atoms with Crippen LogP contribution in [0.5, 0.6) is 5.75 Å². The van der Waals surface area contributed by atoms with Crippen molar-refractivity contribution in [2.75, 3.05) is 12.4 Å². The summed E-state index contributed by atoms with van der Waals surface area (Å²) < 4.78 is 20.4. The fraction of sp³-hybridized carbons (Fsp3) is 0.188. The lowest BCUT2D eigenvalue weighted by molar-refractivity contribution is 0.387. The van der Waals surface area contributed by atoms with Crippen LogP contribution in [0.4, 0.5) is 10.1 Å². The Morgan fingerprint density at radius 3 is 2.95 bits per heavy atom. The third kappa shape index (κ3) is 2.54. The first kappa shape index (κ1) is 13.4. The van der Waals surface area contributed by atoms with Crippen molar-refractivity contribution in [1.82, 2.24) is 9.38 Å². The molecule has 0 radical (unpaired) electrons. The molecule has 2 aromatic heterocycles. The van der Waals surface area contributed by atoms with E-state index in [0.717, 1.165) is 22.7 Å². The number of hydrogen-bond acceptors (Lipinski definition) is 3. The molecule has 0 amide bonds. The number of rotatable bonds is 4. The van der Waals surface area contributed by atoms with Gasteiger partial charge in [0.25, 0.3) is 0 Å². The van der Waals surface area contributed by atoms with Gasteiger partial charge in [0.05, 0.1) is 25.0 Å². The lowest BCUT2D eigenvalue weighted by Gasteiger charge is -2.09. The molecule has 0 fully saturated rings. The maximum absolute atomic E-state index is 13.4. The molecule has 0 bridgehead atoms. The maximum Gasteiger partial charge on any atom is 0.165 e. The third-order valence-corrected chi connectivity index (χ3v) is 3.44. The van der Waals surface area contributed by atoms with E-state index < -0.39 is 0 Å². The van der Waals surface area contributed by atoms with Gasteiger partial charge >= 0.3 is 0 Å². The monoisotopic (exact) mass is 285 g/mol. The Bertz CT molecular complexity index is 782. The summed E-state index contributed by atoms with van der Waals surface area (Å²) in [4.78, 5) is 4.51. The number of aryl methyl sites for hydroxylation is 1. The van der Waals surface area contributed by atoms with Gasteiger partial charge in [0.2, 0.25) is 0 Å². The van der Waals surface area contributed by atoms with Gasteiger partial charge in [-0.15, -0.1) is 0 Å². The smallest absolute Gasteiger partial charge is 0.165 e. The van der Waals surface area contributed by atoms with E-state index in [1.165, 1.54) is 13.2 Å². The predicted molar refractivity (Wildman–Crippen MR) is 80.2 cm³/mol. The van der Waals surface area contributed by atoms with Gasteiger partial charge in [0, 0.05) is 18.0 Å². The second-order valence-corrected chi connectivity index (χ2v) is 4.78. The fourth-order valence-corrected chi connectivity index (χ4v) is 2.33. The first-order valence-electron chi connectivity index (χ1n) is 6.69. The largest absolute Gasteiger partial charge is 0.494 e. The van der Waals surface area contributed by atoms with Crippen LogP contribution in [0.25, 0.3) is 5.65 Å². The molecular formula is C16H16FN3O. The molecule has 1 aromatic carbocycles. The number of methoxy groups -OCH3 is 1. The van der Waals surface area contributed by atoms with Gasteiger partial charge < -0.3 is 14.5 Å². The number of nitrogens with one attached hydrogen (secondary N) is 1. The summed E-state index contributed by atoms with van der Waals surface area (Å²) >= 11 is 0. The van der Waals surface area contributed by atoms with E-state index in [2.05, 4.69) is 10.3 Å². The van der Waals surface area contributed by atoms with Crippen molar-refractivity contribution < 1.29 is 9.13 Å². The highest BCUT2D eigenvalue weighted by molar-refractivity contribution is 5.50. The van der Waals surface area contributed by atoms with E-state index in [-0.39, 0.29) is 11.6 Å². The Kier molecular flexibility index (Phi) is 3.48. The average molecular weight is 285 g/mol. The van der Waals surface area contributed by atoms with Crippen LogP contribution in [-0.4, -0.2) is 16.5 Å². The van der Waals surface area contributed by atoms with Crippen molar-refractivity contribution in [3.05, 3.63) is 59.8 Å². The van der Waals surface area contributed by atoms with E-state index in [4.69, 9.17) is 4.74 Å². The highest BCUT2D eigenvalue weighted by Crippen LogP contribution is 2.22. The number of nitrogens with zero attached hydrogens (tertiary/aromatic N) is 2. The molecule has 0 spiro atoms. The van der Waals surface area contributed by atoms with Crippen molar-refractivity contribution in [2.24, 2.45) is 0 Å². The van der Waals surface area contributed by atoms with E-state index in [9.17, 15) is 4.39 Å². The van der Waals surface area contributed by atoms with Crippen molar-refractivity contribution in [3.8, 4) is 5.75 Å². The molecule has 0 aliphatic rings. The number of pyridine rings is 1.